The summed E-state index contributed by atoms with van der Waals surface area (Å²) in [4.78, 5) is 87.7. The van der Waals surface area contributed by atoms with Crippen LogP contribution < -0.4 is 21.3 Å². The van der Waals surface area contributed by atoms with Crippen LogP contribution in [0.25, 0.3) is 11.1 Å². The van der Waals surface area contributed by atoms with E-state index >= 15 is 0 Å². The van der Waals surface area contributed by atoms with Gasteiger partial charge in [0.05, 0.1) is 22.5 Å². The molecular weight excluding hydrogens is 893 g/mol. The third kappa shape index (κ3) is 10.5. The number of aromatic nitrogens is 6. The minimum atomic E-state index is -0.405. The first-order valence-electron chi connectivity index (χ1n) is 23.5. The molecule has 0 spiro atoms. The highest BCUT2D eigenvalue weighted by atomic mass is 32.2. The fraction of sp³-hybridized carbons (Fsp3) is 0.346. The van der Waals surface area contributed by atoms with Gasteiger partial charge in [0.2, 0.25) is 23.8 Å². The lowest BCUT2D eigenvalue weighted by molar-refractivity contribution is 0.0978. The molecule has 0 saturated carbocycles. The van der Waals surface area contributed by atoms with Gasteiger partial charge in [0.15, 0.2) is 33.4 Å². The fourth-order valence-electron chi connectivity index (χ4n) is 7.98. The Kier molecular flexibility index (Phi) is 15.2. The van der Waals surface area contributed by atoms with E-state index in [1.807, 2.05) is 0 Å². The minimum Gasteiger partial charge on any atom is -0.354 e. The molecule has 350 valence electrons. The second-order valence-electron chi connectivity index (χ2n) is 17.6. The van der Waals surface area contributed by atoms with Gasteiger partial charge in [0, 0.05) is 58.0 Å². The highest BCUT2D eigenvalue weighted by molar-refractivity contribution is 7.99. The van der Waals surface area contributed by atoms with Crippen molar-refractivity contribution in [3.63, 3.8) is 0 Å². The molecule has 2 aliphatic rings. The number of hydrogen-bond acceptors (Lipinski definition) is 16. The highest BCUT2D eigenvalue weighted by Gasteiger charge is 2.39. The van der Waals surface area contributed by atoms with Gasteiger partial charge >= 0.3 is 0 Å². The standard InChI is InChI=1S/C52H56N10O4S2/c1-7-9-25-53-47-57-49(61-51(59-47)67-27-23-29(3)4)55-37-21-19-31(39-41(37)45(65)35-17-13-11-15-33(35)43(39)63)32-20-22-38(42-40(32)44(64)34-16-12-14-18-36(34)46(42)66)56-50-58-48(54-26-10-8-2)60-52(62-50)68-28-24-30(5)6/h11-22,29-30H,7-10,23-28H2,1-6H3,(H2,53,55,57,59,61)(H2,54,56,58,60,62). The molecule has 2 aliphatic carbocycles. The molecule has 4 N–H and O–H groups in total. The molecular formula is C52H56N10O4S2. The maximum Gasteiger partial charge on any atom is 0.233 e. The maximum absolute atomic E-state index is 14.9. The number of nitrogens with zero attached hydrogens (tertiary/aromatic N) is 6. The van der Waals surface area contributed by atoms with E-state index in [9.17, 15) is 19.2 Å². The zero-order valence-corrected chi connectivity index (χ0v) is 40.9. The Morgan fingerprint density at radius 3 is 1.15 bits per heavy atom. The molecule has 16 heteroatoms. The Balaban J connectivity index is 1.27. The first-order chi connectivity index (χ1) is 32.9. The summed E-state index contributed by atoms with van der Waals surface area (Å²) in [6, 6.07) is 20.2. The lowest BCUT2D eigenvalue weighted by Gasteiger charge is -2.26. The van der Waals surface area contributed by atoms with Crippen LogP contribution in [0.15, 0.2) is 83.1 Å². The Bertz CT molecular complexity index is 2710. The monoisotopic (exact) mass is 948 g/mol. The summed E-state index contributed by atoms with van der Waals surface area (Å²) in [5.41, 5.74) is 2.58. The van der Waals surface area contributed by atoms with Gasteiger partial charge in [-0.3, -0.25) is 19.2 Å². The molecule has 0 bridgehead atoms. The van der Waals surface area contributed by atoms with Gasteiger partial charge in [-0.15, -0.1) is 0 Å². The summed E-state index contributed by atoms with van der Waals surface area (Å²) < 4.78 is 0. The molecule has 0 saturated heterocycles. The van der Waals surface area contributed by atoms with Crippen molar-refractivity contribution in [2.75, 3.05) is 45.9 Å². The van der Waals surface area contributed by atoms with Crippen LogP contribution in [0.5, 0.6) is 0 Å². The molecule has 0 atom stereocenters. The molecule has 2 heterocycles. The molecule has 0 radical (unpaired) electrons. The van der Waals surface area contributed by atoms with Crippen molar-refractivity contribution in [3.8, 4) is 11.1 Å². The lowest BCUT2D eigenvalue weighted by atomic mass is 9.75. The highest BCUT2D eigenvalue weighted by Crippen LogP contribution is 2.44. The number of rotatable bonds is 21. The first kappa shape index (κ1) is 48.0. The quantitative estimate of drug-likeness (QED) is 0.0392. The third-order valence-corrected chi connectivity index (χ3v) is 13.4. The van der Waals surface area contributed by atoms with Gasteiger partial charge in [-0.05, 0) is 60.8 Å². The zero-order valence-electron chi connectivity index (χ0n) is 39.3. The number of unbranched alkanes of at least 4 members (excludes halogenated alkanes) is 2. The summed E-state index contributed by atoms with van der Waals surface area (Å²) in [5, 5.41) is 14.2. The Morgan fingerprint density at radius 2 is 0.794 bits per heavy atom. The van der Waals surface area contributed by atoms with Crippen molar-refractivity contribution < 1.29 is 19.2 Å². The van der Waals surface area contributed by atoms with E-state index in [0.717, 1.165) is 50.0 Å². The first-order valence-corrected chi connectivity index (χ1v) is 25.4. The lowest BCUT2D eigenvalue weighted by Crippen LogP contribution is -2.25. The normalized spacial score (nSPS) is 12.8. The van der Waals surface area contributed by atoms with Crippen molar-refractivity contribution in [1.29, 1.82) is 0 Å². The average molecular weight is 949 g/mol. The number of fused-ring (bicyclic) bond motifs is 4. The largest absolute Gasteiger partial charge is 0.354 e. The van der Waals surface area contributed by atoms with Gasteiger partial charge in [0.25, 0.3) is 0 Å². The molecule has 8 rings (SSSR count). The summed E-state index contributed by atoms with van der Waals surface area (Å²) >= 11 is 3.05. The van der Waals surface area contributed by atoms with Crippen molar-refractivity contribution in [1.82, 2.24) is 29.9 Å². The summed E-state index contributed by atoms with van der Waals surface area (Å²) in [7, 11) is 0. The van der Waals surface area contributed by atoms with Gasteiger partial charge in [-0.2, -0.15) is 29.9 Å². The van der Waals surface area contributed by atoms with Gasteiger partial charge in [0.1, 0.15) is 0 Å². The van der Waals surface area contributed by atoms with Crippen molar-refractivity contribution >= 4 is 81.8 Å². The molecule has 4 aromatic carbocycles. The van der Waals surface area contributed by atoms with Crippen LogP contribution in [0.1, 0.15) is 144 Å². The van der Waals surface area contributed by atoms with Crippen LogP contribution >= 0.6 is 23.5 Å². The average Bonchev–Trinajstić information content (AvgIpc) is 3.32. The molecule has 0 amide bonds. The number of carbonyl (C=O) groups is 4. The maximum atomic E-state index is 14.9. The second-order valence-corrected chi connectivity index (χ2v) is 19.8. The Morgan fingerprint density at radius 1 is 0.441 bits per heavy atom. The number of benzene rings is 4. The van der Waals surface area contributed by atoms with Crippen molar-refractivity contribution in [3.05, 3.63) is 117 Å². The minimum absolute atomic E-state index is 0.0888. The fourth-order valence-corrected chi connectivity index (χ4v) is 10.1. The molecule has 14 nitrogen and oxygen atoms in total. The van der Waals surface area contributed by atoms with Gasteiger partial charge < -0.3 is 21.3 Å². The number of nitrogens with one attached hydrogen (secondary N) is 4. The van der Waals surface area contributed by atoms with Crippen LogP contribution in [0.4, 0.5) is 35.2 Å². The third-order valence-electron chi connectivity index (χ3n) is 11.6. The summed E-state index contributed by atoms with van der Waals surface area (Å²) in [5.74, 6) is 2.22. The Hall–Kier alpha value is -6.52. The topological polar surface area (TPSA) is 194 Å². The van der Waals surface area contributed by atoms with Crippen LogP contribution in [0.3, 0.4) is 0 Å². The number of ketones is 4. The molecule has 68 heavy (non-hydrogen) atoms. The molecule has 2 aromatic heterocycles. The van der Waals surface area contributed by atoms with Crippen LogP contribution in [-0.4, -0.2) is 77.6 Å². The number of thioether (sulfide) groups is 2. The number of carbonyl (C=O) groups excluding carboxylic acids is 4. The van der Waals surface area contributed by atoms with E-state index in [0.29, 0.717) is 69.6 Å². The molecule has 0 unspecified atom stereocenters. The van der Waals surface area contributed by atoms with E-state index in [-0.39, 0.29) is 68.0 Å². The number of anilines is 6. The van der Waals surface area contributed by atoms with E-state index < -0.39 is 11.6 Å². The predicted molar refractivity (Wildman–Crippen MR) is 272 cm³/mol. The zero-order chi connectivity index (χ0) is 47.9. The van der Waals surface area contributed by atoms with Crippen LogP contribution in [0.2, 0.25) is 0 Å². The second kappa shape index (κ2) is 21.6. The van der Waals surface area contributed by atoms with Crippen LogP contribution in [-0.2, 0) is 0 Å². The SMILES string of the molecule is CCCCNc1nc(Nc2ccc(-c3ccc(Nc4nc(NCCCC)nc(SCCC(C)C)n4)c4c3C(=O)c3ccccc3C4=O)c3c2C(=O)c2ccccc2C3=O)nc(SCCC(C)C)n1. The predicted octanol–water partition coefficient (Wildman–Crippen LogP) is 11.5. The summed E-state index contributed by atoms with van der Waals surface area (Å²) in [6.07, 6.45) is 5.75. The smallest absolute Gasteiger partial charge is 0.233 e. The molecule has 0 aliphatic heterocycles. The number of hydrogen-bond donors (Lipinski definition) is 4. The van der Waals surface area contributed by atoms with Crippen molar-refractivity contribution in [2.24, 2.45) is 11.8 Å². The van der Waals surface area contributed by atoms with Gasteiger partial charge in [-0.1, -0.05) is 139 Å². The van der Waals surface area contributed by atoms with Crippen LogP contribution in [0, 0.1) is 11.8 Å². The Labute approximate surface area is 405 Å². The van der Waals surface area contributed by atoms with E-state index in [1.165, 1.54) is 23.5 Å². The summed E-state index contributed by atoms with van der Waals surface area (Å²) in [6.45, 7) is 14.2. The molecule has 0 fully saturated rings. The van der Waals surface area contributed by atoms with Gasteiger partial charge in [-0.25, -0.2) is 0 Å². The van der Waals surface area contributed by atoms with E-state index in [2.05, 4.69) is 72.8 Å². The van der Waals surface area contributed by atoms with E-state index in [4.69, 9.17) is 19.9 Å². The van der Waals surface area contributed by atoms with E-state index in [1.54, 1.807) is 72.8 Å². The molecule has 6 aromatic rings. The van der Waals surface area contributed by atoms with Crippen molar-refractivity contribution in [2.45, 2.75) is 90.4 Å².